The van der Waals surface area contributed by atoms with Crippen molar-refractivity contribution in [3.8, 4) is 11.5 Å². The summed E-state index contributed by atoms with van der Waals surface area (Å²) in [4.78, 5) is 12.2. The zero-order chi connectivity index (χ0) is 21.5. The van der Waals surface area contributed by atoms with Crippen LogP contribution in [0.25, 0.3) is 0 Å². The standard InChI is InChI=1S/C22H17IN4O2S2/c23-15-5-4-6-17(13-15)24-20(28)14-30-22-27-26-21(31-22)25-16-9-11-19(12-10-16)29-18-7-2-1-3-8-18/h1-13H,14H2,(H,24,28)(H,25,26). The van der Waals surface area contributed by atoms with E-state index >= 15 is 0 Å². The fourth-order valence-electron chi connectivity index (χ4n) is 2.56. The third kappa shape index (κ3) is 6.68. The van der Waals surface area contributed by atoms with Crippen molar-refractivity contribution in [2.75, 3.05) is 16.4 Å². The number of aromatic nitrogens is 2. The van der Waals surface area contributed by atoms with Gasteiger partial charge in [0.05, 0.1) is 5.75 Å². The first kappa shape index (κ1) is 21.6. The molecule has 3 aromatic carbocycles. The van der Waals surface area contributed by atoms with Gasteiger partial charge in [0.1, 0.15) is 11.5 Å². The van der Waals surface area contributed by atoms with Crippen LogP contribution in [-0.4, -0.2) is 21.9 Å². The number of anilines is 3. The van der Waals surface area contributed by atoms with E-state index in [0.717, 1.165) is 30.8 Å². The highest BCUT2D eigenvalue weighted by Crippen LogP contribution is 2.29. The number of benzene rings is 3. The van der Waals surface area contributed by atoms with Gasteiger partial charge in [-0.2, -0.15) is 0 Å². The Bertz CT molecular complexity index is 1150. The van der Waals surface area contributed by atoms with Gasteiger partial charge in [-0.15, -0.1) is 10.2 Å². The topological polar surface area (TPSA) is 76.1 Å². The third-order valence-corrected chi connectivity index (χ3v) is 6.57. The number of hydrogen-bond acceptors (Lipinski definition) is 7. The number of amides is 1. The highest BCUT2D eigenvalue weighted by molar-refractivity contribution is 14.1. The highest BCUT2D eigenvalue weighted by atomic mass is 127. The number of carbonyl (C=O) groups excluding carboxylic acids is 1. The van der Waals surface area contributed by atoms with E-state index in [1.165, 1.54) is 23.1 Å². The molecule has 4 rings (SSSR count). The summed E-state index contributed by atoms with van der Waals surface area (Å²) in [6, 6.07) is 24.9. The minimum absolute atomic E-state index is 0.0780. The number of thioether (sulfide) groups is 1. The zero-order valence-corrected chi connectivity index (χ0v) is 19.9. The summed E-state index contributed by atoms with van der Waals surface area (Å²) >= 11 is 4.97. The molecule has 0 fully saturated rings. The molecular weight excluding hydrogens is 543 g/mol. The fraction of sp³-hybridized carbons (Fsp3) is 0.0455. The Hall–Kier alpha value is -2.63. The SMILES string of the molecule is O=C(CSc1nnc(Nc2ccc(Oc3ccccc3)cc2)s1)Nc1cccc(I)c1. The van der Waals surface area contributed by atoms with Crippen LogP contribution >= 0.6 is 45.7 Å². The van der Waals surface area contributed by atoms with Crippen LogP contribution in [0.5, 0.6) is 11.5 Å². The molecule has 0 bridgehead atoms. The lowest BCUT2D eigenvalue weighted by molar-refractivity contribution is -0.113. The van der Waals surface area contributed by atoms with Crippen LogP contribution in [0.15, 0.2) is 83.2 Å². The van der Waals surface area contributed by atoms with E-state index in [9.17, 15) is 4.79 Å². The fourth-order valence-corrected chi connectivity index (χ4v) is 4.68. The summed E-state index contributed by atoms with van der Waals surface area (Å²) in [5.74, 6) is 1.74. The van der Waals surface area contributed by atoms with E-state index < -0.39 is 0 Å². The van der Waals surface area contributed by atoms with Gasteiger partial charge in [0.15, 0.2) is 4.34 Å². The molecule has 31 heavy (non-hydrogen) atoms. The molecule has 6 nitrogen and oxygen atoms in total. The molecule has 9 heteroatoms. The van der Waals surface area contributed by atoms with E-state index in [4.69, 9.17) is 4.74 Å². The Morgan fingerprint density at radius 2 is 1.71 bits per heavy atom. The Morgan fingerprint density at radius 1 is 0.935 bits per heavy atom. The van der Waals surface area contributed by atoms with Crippen LogP contribution in [0, 0.1) is 3.57 Å². The Labute approximate surface area is 201 Å². The summed E-state index contributed by atoms with van der Waals surface area (Å²) in [5, 5.41) is 15.1. The molecule has 156 valence electrons. The van der Waals surface area contributed by atoms with Crippen LogP contribution in [0.2, 0.25) is 0 Å². The maximum Gasteiger partial charge on any atom is 0.234 e. The molecular formula is C22H17IN4O2S2. The predicted octanol–water partition coefficient (Wildman–Crippen LogP) is 6.41. The number of carbonyl (C=O) groups is 1. The second kappa shape index (κ2) is 10.6. The summed E-state index contributed by atoms with van der Waals surface area (Å²) in [6.07, 6.45) is 0. The van der Waals surface area contributed by atoms with E-state index in [2.05, 4.69) is 43.4 Å². The monoisotopic (exact) mass is 560 g/mol. The summed E-state index contributed by atoms with van der Waals surface area (Å²) in [5.41, 5.74) is 1.67. The molecule has 0 radical (unpaired) electrons. The molecule has 0 aliphatic rings. The van der Waals surface area contributed by atoms with Gasteiger partial charge < -0.3 is 15.4 Å². The largest absolute Gasteiger partial charge is 0.457 e. The van der Waals surface area contributed by atoms with Gasteiger partial charge in [0.2, 0.25) is 11.0 Å². The Kier molecular flexibility index (Phi) is 7.39. The number of nitrogens with one attached hydrogen (secondary N) is 2. The average Bonchev–Trinajstić information content (AvgIpc) is 3.22. The minimum atomic E-state index is -0.0780. The molecule has 0 unspecified atom stereocenters. The second-order valence-electron chi connectivity index (χ2n) is 6.28. The molecule has 1 aromatic heterocycles. The number of nitrogens with zero attached hydrogens (tertiary/aromatic N) is 2. The molecule has 0 aliphatic carbocycles. The van der Waals surface area contributed by atoms with Gasteiger partial charge >= 0.3 is 0 Å². The van der Waals surface area contributed by atoms with Crippen LogP contribution in [0.1, 0.15) is 0 Å². The smallest absolute Gasteiger partial charge is 0.234 e. The average molecular weight is 560 g/mol. The van der Waals surface area contributed by atoms with E-state index in [1.54, 1.807) is 0 Å². The molecule has 1 amide bonds. The maximum atomic E-state index is 12.2. The van der Waals surface area contributed by atoms with Gasteiger partial charge in [-0.05, 0) is 77.2 Å². The lowest BCUT2D eigenvalue weighted by atomic mass is 10.3. The molecule has 0 atom stereocenters. The summed E-state index contributed by atoms with van der Waals surface area (Å²) < 4.78 is 7.59. The van der Waals surface area contributed by atoms with Crippen molar-refractivity contribution in [2.45, 2.75) is 4.34 Å². The first-order valence-electron chi connectivity index (χ1n) is 9.26. The number of halogens is 1. The lowest BCUT2D eigenvalue weighted by Crippen LogP contribution is -2.13. The molecule has 0 spiro atoms. The first-order valence-corrected chi connectivity index (χ1v) is 12.1. The molecule has 1 heterocycles. The second-order valence-corrected chi connectivity index (χ2v) is 9.73. The maximum absolute atomic E-state index is 12.2. The van der Waals surface area contributed by atoms with Gasteiger partial charge in [-0.3, -0.25) is 4.79 Å². The molecule has 2 N–H and O–H groups in total. The van der Waals surface area contributed by atoms with Crippen LogP contribution < -0.4 is 15.4 Å². The van der Waals surface area contributed by atoms with E-state index in [1.807, 2.05) is 78.9 Å². The van der Waals surface area contributed by atoms with Gasteiger partial charge in [-0.1, -0.05) is 47.4 Å². The minimum Gasteiger partial charge on any atom is -0.457 e. The zero-order valence-electron chi connectivity index (χ0n) is 16.1. The molecule has 4 aromatic rings. The van der Waals surface area contributed by atoms with Crippen molar-refractivity contribution in [3.63, 3.8) is 0 Å². The molecule has 0 aliphatic heterocycles. The quantitative estimate of drug-likeness (QED) is 0.192. The van der Waals surface area contributed by atoms with Crippen molar-refractivity contribution in [2.24, 2.45) is 0 Å². The number of rotatable bonds is 8. The number of ether oxygens (including phenoxy) is 1. The van der Waals surface area contributed by atoms with Crippen molar-refractivity contribution >= 4 is 68.1 Å². The van der Waals surface area contributed by atoms with Crippen molar-refractivity contribution < 1.29 is 9.53 Å². The number of para-hydroxylation sites is 1. The summed E-state index contributed by atoms with van der Waals surface area (Å²) in [6.45, 7) is 0. The predicted molar refractivity (Wildman–Crippen MR) is 135 cm³/mol. The van der Waals surface area contributed by atoms with E-state index in [-0.39, 0.29) is 11.7 Å². The van der Waals surface area contributed by atoms with Crippen molar-refractivity contribution in [1.82, 2.24) is 10.2 Å². The van der Waals surface area contributed by atoms with Gasteiger partial charge in [-0.25, -0.2) is 0 Å². The first-order chi connectivity index (χ1) is 15.1. The number of hydrogen-bond donors (Lipinski definition) is 2. The lowest BCUT2D eigenvalue weighted by Gasteiger charge is -2.07. The third-order valence-electron chi connectivity index (χ3n) is 3.93. The van der Waals surface area contributed by atoms with E-state index in [0.29, 0.717) is 5.13 Å². The van der Waals surface area contributed by atoms with Gasteiger partial charge in [0.25, 0.3) is 0 Å². The summed E-state index contributed by atoms with van der Waals surface area (Å²) in [7, 11) is 0. The van der Waals surface area contributed by atoms with Gasteiger partial charge in [0, 0.05) is 14.9 Å². The van der Waals surface area contributed by atoms with Crippen LogP contribution in [-0.2, 0) is 4.79 Å². The van der Waals surface area contributed by atoms with Crippen LogP contribution in [0.3, 0.4) is 0 Å². The van der Waals surface area contributed by atoms with Crippen molar-refractivity contribution in [1.29, 1.82) is 0 Å². The Balaban J connectivity index is 1.27. The normalized spacial score (nSPS) is 10.5. The molecule has 0 saturated heterocycles. The molecule has 0 saturated carbocycles. The Morgan fingerprint density at radius 3 is 2.48 bits per heavy atom. The highest BCUT2D eigenvalue weighted by Gasteiger charge is 2.09. The van der Waals surface area contributed by atoms with Crippen molar-refractivity contribution in [3.05, 3.63) is 82.4 Å². The van der Waals surface area contributed by atoms with Crippen LogP contribution in [0.4, 0.5) is 16.5 Å².